The molecule has 2 unspecified atom stereocenters. The third-order valence-electron chi connectivity index (χ3n) is 3.83. The normalized spacial score (nSPS) is 21.5. The van der Waals surface area contributed by atoms with Gasteiger partial charge in [0.1, 0.15) is 0 Å². The molecule has 2 atom stereocenters. The Morgan fingerprint density at radius 1 is 1.43 bits per heavy atom. The van der Waals surface area contributed by atoms with Gasteiger partial charge in [-0.3, -0.25) is 4.79 Å². The Balaban J connectivity index is 2.09. The maximum Gasteiger partial charge on any atom is 0.313 e. The zero-order valence-electron chi connectivity index (χ0n) is 12.5. The number of carbonyl (C=O) groups is 1. The first-order chi connectivity index (χ1) is 10.3. The molecule has 112 valence electrons. The number of methoxy groups -OCH3 is 1. The maximum atomic E-state index is 12.2. The van der Waals surface area contributed by atoms with E-state index in [0.717, 1.165) is 29.9 Å². The summed E-state index contributed by atoms with van der Waals surface area (Å²) in [6.45, 7) is 3.81. The van der Waals surface area contributed by atoms with Crippen LogP contribution in [0.3, 0.4) is 0 Å². The average Bonchev–Trinajstić information content (AvgIpc) is 2.53. The fourth-order valence-electron chi connectivity index (χ4n) is 2.76. The molecule has 0 aliphatic heterocycles. The highest BCUT2D eigenvalue weighted by molar-refractivity contribution is 8.02. The number of esters is 1. The molecule has 3 heteroatoms. The second-order valence-corrected chi connectivity index (χ2v) is 6.29. The van der Waals surface area contributed by atoms with Crippen LogP contribution in [0.2, 0.25) is 0 Å². The largest absolute Gasteiger partial charge is 0.469 e. The van der Waals surface area contributed by atoms with Crippen molar-refractivity contribution in [2.45, 2.75) is 25.0 Å². The van der Waals surface area contributed by atoms with Crippen LogP contribution in [0.1, 0.15) is 24.8 Å². The molecule has 0 saturated carbocycles. The molecular weight excluding hydrogens is 280 g/mol. The number of rotatable bonds is 6. The first-order valence-corrected chi connectivity index (χ1v) is 8.30. The summed E-state index contributed by atoms with van der Waals surface area (Å²) in [5, 5.41) is 0. The summed E-state index contributed by atoms with van der Waals surface area (Å²) in [5.41, 5.74) is 1.28. The molecule has 21 heavy (non-hydrogen) atoms. The summed E-state index contributed by atoms with van der Waals surface area (Å²) < 4.78 is 5.02. The van der Waals surface area contributed by atoms with Gasteiger partial charge < -0.3 is 4.74 Å². The number of benzene rings is 1. The molecule has 1 aromatic carbocycles. The van der Waals surface area contributed by atoms with Crippen molar-refractivity contribution in [3.63, 3.8) is 0 Å². The molecule has 0 spiro atoms. The van der Waals surface area contributed by atoms with Crippen LogP contribution in [-0.4, -0.2) is 13.1 Å². The van der Waals surface area contributed by atoms with Crippen LogP contribution < -0.4 is 0 Å². The maximum absolute atomic E-state index is 12.2. The summed E-state index contributed by atoms with van der Waals surface area (Å²) in [7, 11) is 1.47. The average molecular weight is 302 g/mol. The van der Waals surface area contributed by atoms with E-state index in [-0.39, 0.29) is 11.9 Å². The summed E-state index contributed by atoms with van der Waals surface area (Å²) in [4.78, 5) is 13.3. The van der Waals surface area contributed by atoms with Gasteiger partial charge in [-0.2, -0.15) is 0 Å². The highest BCUT2D eigenvalue weighted by Crippen LogP contribution is 2.40. The molecule has 1 aromatic rings. The van der Waals surface area contributed by atoms with Gasteiger partial charge in [-0.15, -0.1) is 18.3 Å². The Morgan fingerprint density at radius 3 is 2.86 bits per heavy atom. The van der Waals surface area contributed by atoms with Gasteiger partial charge in [0.2, 0.25) is 0 Å². The lowest BCUT2D eigenvalue weighted by molar-refractivity contribution is -0.145. The van der Waals surface area contributed by atoms with Gasteiger partial charge in [-0.25, -0.2) is 0 Å². The Bertz CT molecular complexity index is 507. The van der Waals surface area contributed by atoms with Crippen LogP contribution in [0.15, 0.2) is 54.0 Å². The molecule has 2 rings (SSSR count). The minimum Gasteiger partial charge on any atom is -0.469 e. The topological polar surface area (TPSA) is 26.3 Å². The van der Waals surface area contributed by atoms with Gasteiger partial charge >= 0.3 is 5.97 Å². The fourth-order valence-corrected chi connectivity index (χ4v) is 3.99. The molecule has 0 radical (unpaired) electrons. The lowest BCUT2D eigenvalue weighted by Gasteiger charge is -2.29. The third kappa shape index (κ3) is 4.24. The molecule has 0 aromatic heterocycles. The molecule has 1 aliphatic carbocycles. The van der Waals surface area contributed by atoms with Crippen molar-refractivity contribution in [2.75, 3.05) is 7.11 Å². The quantitative estimate of drug-likeness (QED) is 0.568. The van der Waals surface area contributed by atoms with E-state index in [4.69, 9.17) is 4.74 Å². The van der Waals surface area contributed by atoms with E-state index in [0.29, 0.717) is 5.92 Å². The lowest BCUT2D eigenvalue weighted by Crippen LogP contribution is -2.28. The Labute approximate surface area is 131 Å². The monoisotopic (exact) mass is 302 g/mol. The van der Waals surface area contributed by atoms with Crippen LogP contribution >= 0.6 is 11.8 Å². The van der Waals surface area contributed by atoms with Crippen molar-refractivity contribution in [3.8, 4) is 0 Å². The van der Waals surface area contributed by atoms with Crippen molar-refractivity contribution in [2.24, 2.45) is 11.8 Å². The van der Waals surface area contributed by atoms with E-state index in [2.05, 4.69) is 24.8 Å². The van der Waals surface area contributed by atoms with Gasteiger partial charge in [0, 0.05) is 5.75 Å². The third-order valence-corrected chi connectivity index (χ3v) is 5.07. The smallest absolute Gasteiger partial charge is 0.313 e. The van der Waals surface area contributed by atoms with Crippen LogP contribution in [0, 0.1) is 11.8 Å². The Kier molecular flexibility index (Phi) is 6.12. The summed E-state index contributed by atoms with van der Waals surface area (Å²) in [5.74, 6) is 0.961. The van der Waals surface area contributed by atoms with Crippen molar-refractivity contribution in [3.05, 3.63) is 59.5 Å². The minimum absolute atomic E-state index is 0.117. The van der Waals surface area contributed by atoms with Gasteiger partial charge in [-0.05, 0) is 35.6 Å². The molecule has 0 saturated heterocycles. The van der Waals surface area contributed by atoms with Gasteiger partial charge in [0.25, 0.3) is 0 Å². The molecule has 1 aliphatic rings. The van der Waals surface area contributed by atoms with Crippen molar-refractivity contribution in [1.82, 2.24) is 0 Å². The van der Waals surface area contributed by atoms with E-state index in [1.54, 1.807) is 11.8 Å². The number of allylic oxidation sites excluding steroid dienone is 2. The van der Waals surface area contributed by atoms with Crippen LogP contribution in [0.25, 0.3) is 0 Å². The van der Waals surface area contributed by atoms with Gasteiger partial charge in [0.05, 0.1) is 13.0 Å². The van der Waals surface area contributed by atoms with Crippen molar-refractivity contribution in [1.29, 1.82) is 0 Å². The number of ether oxygens (including phenoxy) is 1. The second kappa shape index (κ2) is 8.08. The summed E-state index contributed by atoms with van der Waals surface area (Å²) in [6.07, 6.45) is 7.04. The minimum atomic E-state index is -0.129. The van der Waals surface area contributed by atoms with Gasteiger partial charge in [0.15, 0.2) is 0 Å². The summed E-state index contributed by atoms with van der Waals surface area (Å²) in [6, 6.07) is 10.3. The lowest BCUT2D eigenvalue weighted by atomic mass is 9.81. The van der Waals surface area contributed by atoms with Crippen LogP contribution in [0.4, 0.5) is 0 Å². The number of hydrogen-bond donors (Lipinski definition) is 0. The van der Waals surface area contributed by atoms with E-state index in [9.17, 15) is 4.79 Å². The predicted molar refractivity (Wildman–Crippen MR) is 88.9 cm³/mol. The SMILES string of the molecule is C=CCC1CCC=C(SCc2ccccc2)C1C(=O)OC. The predicted octanol–water partition coefficient (Wildman–Crippen LogP) is 4.58. The van der Waals surface area contributed by atoms with E-state index in [1.807, 2.05) is 24.3 Å². The van der Waals surface area contributed by atoms with Crippen LogP contribution in [-0.2, 0) is 15.3 Å². The molecule has 0 bridgehead atoms. The van der Waals surface area contributed by atoms with Crippen LogP contribution in [0.5, 0.6) is 0 Å². The second-order valence-electron chi connectivity index (χ2n) is 5.24. The van der Waals surface area contributed by atoms with E-state index in [1.165, 1.54) is 12.7 Å². The highest BCUT2D eigenvalue weighted by atomic mass is 32.2. The van der Waals surface area contributed by atoms with Crippen molar-refractivity contribution >= 4 is 17.7 Å². The number of thioether (sulfide) groups is 1. The zero-order chi connectivity index (χ0) is 15.1. The summed E-state index contributed by atoms with van der Waals surface area (Å²) >= 11 is 1.76. The highest BCUT2D eigenvalue weighted by Gasteiger charge is 2.34. The molecule has 0 amide bonds. The Hall–Kier alpha value is -1.48. The van der Waals surface area contributed by atoms with E-state index >= 15 is 0 Å². The Morgan fingerprint density at radius 2 is 2.19 bits per heavy atom. The molecule has 0 N–H and O–H groups in total. The molecule has 0 heterocycles. The standard InChI is InChI=1S/C18H22O2S/c1-3-8-15-11-7-12-16(17(15)18(19)20-2)21-13-14-9-5-4-6-10-14/h3-6,9-10,12,15,17H,1,7-8,11,13H2,2H3. The molecule has 2 nitrogen and oxygen atoms in total. The molecular formula is C18H22O2S. The van der Waals surface area contributed by atoms with E-state index < -0.39 is 0 Å². The fraction of sp³-hybridized carbons (Fsp3) is 0.389. The number of carbonyl (C=O) groups excluding carboxylic acids is 1. The zero-order valence-corrected chi connectivity index (χ0v) is 13.3. The first-order valence-electron chi connectivity index (χ1n) is 7.31. The number of hydrogen-bond acceptors (Lipinski definition) is 3. The molecule has 0 fully saturated rings. The van der Waals surface area contributed by atoms with Gasteiger partial charge in [-0.1, -0.05) is 42.5 Å². The first kappa shape index (κ1) is 15.9. The van der Waals surface area contributed by atoms with Crippen molar-refractivity contribution < 1.29 is 9.53 Å².